The zero-order valence-electron chi connectivity index (χ0n) is 15.5. The minimum atomic E-state index is -0.437. The summed E-state index contributed by atoms with van der Waals surface area (Å²) in [4.78, 5) is 19.7. The van der Waals surface area contributed by atoms with E-state index >= 15 is 0 Å². The zero-order valence-corrected chi connectivity index (χ0v) is 17.1. The van der Waals surface area contributed by atoms with Gasteiger partial charge in [-0.05, 0) is 42.7 Å². The smallest absolute Gasteiger partial charge is 0.161 e. The first-order chi connectivity index (χ1) is 14.1. The molecule has 0 fully saturated rings. The van der Waals surface area contributed by atoms with E-state index in [4.69, 9.17) is 5.73 Å². The number of carbonyl (C=O) groups is 1. The topological polar surface area (TPSA) is 82.5 Å². The van der Waals surface area contributed by atoms with Crippen molar-refractivity contribution in [3.63, 3.8) is 0 Å². The fourth-order valence-corrected chi connectivity index (χ4v) is 4.91. The molecule has 0 bridgehead atoms. The van der Waals surface area contributed by atoms with Gasteiger partial charge in [0.25, 0.3) is 0 Å². The molecule has 6 heteroatoms. The van der Waals surface area contributed by atoms with Crippen molar-refractivity contribution in [3.05, 3.63) is 86.8 Å². The number of anilines is 1. The second-order valence-electron chi connectivity index (χ2n) is 7.32. The molecule has 0 saturated heterocycles. The molecule has 0 aromatic heterocycles. The molecule has 0 saturated carbocycles. The van der Waals surface area contributed by atoms with Crippen molar-refractivity contribution in [1.82, 2.24) is 0 Å². The second-order valence-corrected chi connectivity index (χ2v) is 8.24. The van der Waals surface area contributed by atoms with Crippen LogP contribution in [0.25, 0.3) is 0 Å². The van der Waals surface area contributed by atoms with Crippen LogP contribution in [-0.4, -0.2) is 11.6 Å². The van der Waals surface area contributed by atoms with Gasteiger partial charge in [0.15, 0.2) is 11.6 Å². The highest BCUT2D eigenvalue weighted by molar-refractivity contribution is 9.10. The van der Waals surface area contributed by atoms with Gasteiger partial charge in [0.1, 0.15) is 5.84 Å². The SMILES string of the molecule is N#CC1=C2N=C(N)c3ccccc3N2C2=C(C(=O)CCC2)C1c1cccc(Br)c1. The van der Waals surface area contributed by atoms with Gasteiger partial charge in [-0.3, -0.25) is 9.69 Å². The summed E-state index contributed by atoms with van der Waals surface area (Å²) in [6.07, 6.45) is 2.05. The van der Waals surface area contributed by atoms with Gasteiger partial charge in [0.05, 0.1) is 23.2 Å². The molecule has 1 atom stereocenters. The number of nitrogens with zero attached hydrogens (tertiary/aromatic N) is 3. The molecule has 5 nitrogen and oxygen atoms in total. The highest BCUT2D eigenvalue weighted by Gasteiger charge is 2.42. The van der Waals surface area contributed by atoms with Crippen molar-refractivity contribution in [2.45, 2.75) is 25.2 Å². The van der Waals surface area contributed by atoms with Gasteiger partial charge in [0.2, 0.25) is 0 Å². The number of nitrogens with two attached hydrogens (primary N) is 1. The molecular weight excluding hydrogens is 428 g/mol. The molecule has 2 aromatic rings. The van der Waals surface area contributed by atoms with Gasteiger partial charge in [0, 0.05) is 27.7 Å². The Labute approximate surface area is 177 Å². The van der Waals surface area contributed by atoms with E-state index in [0.29, 0.717) is 29.2 Å². The van der Waals surface area contributed by atoms with Crippen molar-refractivity contribution in [3.8, 4) is 6.07 Å². The Hall–Kier alpha value is -3.17. The lowest BCUT2D eigenvalue weighted by molar-refractivity contribution is -0.116. The van der Waals surface area contributed by atoms with Gasteiger partial charge in [-0.2, -0.15) is 5.26 Å². The van der Waals surface area contributed by atoms with Crippen molar-refractivity contribution < 1.29 is 4.79 Å². The van der Waals surface area contributed by atoms with Gasteiger partial charge < -0.3 is 5.73 Å². The summed E-state index contributed by atoms with van der Waals surface area (Å²) in [6, 6.07) is 17.9. The molecule has 5 rings (SSSR count). The van der Waals surface area contributed by atoms with Crippen LogP contribution in [0, 0.1) is 11.3 Å². The van der Waals surface area contributed by atoms with Crippen LogP contribution >= 0.6 is 15.9 Å². The van der Waals surface area contributed by atoms with Crippen LogP contribution in [0.15, 0.2) is 80.7 Å². The van der Waals surface area contributed by atoms with Crippen molar-refractivity contribution in [2.24, 2.45) is 10.7 Å². The van der Waals surface area contributed by atoms with E-state index in [1.165, 1.54) is 0 Å². The number of para-hydroxylation sites is 1. The minimum Gasteiger partial charge on any atom is -0.383 e. The summed E-state index contributed by atoms with van der Waals surface area (Å²) < 4.78 is 0.905. The lowest BCUT2D eigenvalue weighted by Crippen LogP contribution is -2.39. The van der Waals surface area contributed by atoms with Crippen LogP contribution < -0.4 is 10.6 Å². The molecular formula is C23H17BrN4O. The van der Waals surface area contributed by atoms with E-state index in [1.807, 2.05) is 53.4 Å². The number of hydrogen-bond donors (Lipinski definition) is 1. The Morgan fingerprint density at radius 1 is 1.17 bits per heavy atom. The molecule has 0 amide bonds. The molecule has 2 heterocycles. The van der Waals surface area contributed by atoms with Crippen LogP contribution in [0.3, 0.4) is 0 Å². The van der Waals surface area contributed by atoms with Crippen molar-refractivity contribution >= 4 is 33.2 Å². The number of amidine groups is 1. The number of Topliss-reactive ketones (excluding diaryl/α,β-unsaturated/α-hetero) is 1. The molecule has 2 aliphatic heterocycles. The molecule has 29 heavy (non-hydrogen) atoms. The first kappa shape index (κ1) is 17.9. The van der Waals surface area contributed by atoms with Crippen LogP contribution in [0.2, 0.25) is 0 Å². The molecule has 0 spiro atoms. The number of allylic oxidation sites excluding steroid dienone is 3. The van der Waals surface area contributed by atoms with Gasteiger partial charge >= 0.3 is 0 Å². The van der Waals surface area contributed by atoms with E-state index < -0.39 is 5.92 Å². The maximum absolute atomic E-state index is 13.1. The Bertz CT molecular complexity index is 1200. The third kappa shape index (κ3) is 2.65. The minimum absolute atomic E-state index is 0.100. The monoisotopic (exact) mass is 444 g/mol. The molecule has 1 aliphatic carbocycles. The van der Waals surface area contributed by atoms with Crippen molar-refractivity contribution in [2.75, 3.05) is 4.90 Å². The quantitative estimate of drug-likeness (QED) is 0.700. The number of carbonyl (C=O) groups excluding carboxylic acids is 1. The highest BCUT2D eigenvalue weighted by Crippen LogP contribution is 2.49. The fraction of sp³-hybridized carbons (Fsp3) is 0.174. The lowest BCUT2D eigenvalue weighted by atomic mass is 9.75. The largest absolute Gasteiger partial charge is 0.383 e. The van der Waals surface area contributed by atoms with Gasteiger partial charge in [-0.15, -0.1) is 0 Å². The lowest BCUT2D eigenvalue weighted by Gasteiger charge is -2.41. The molecule has 1 unspecified atom stereocenters. The van der Waals surface area contributed by atoms with E-state index in [9.17, 15) is 10.1 Å². The van der Waals surface area contributed by atoms with E-state index in [-0.39, 0.29) is 5.78 Å². The number of fused-ring (bicyclic) bond motifs is 4. The number of rotatable bonds is 1. The summed E-state index contributed by atoms with van der Waals surface area (Å²) >= 11 is 3.52. The number of nitriles is 1. The zero-order chi connectivity index (χ0) is 20.1. The number of aliphatic imine (C=N–C) groups is 1. The number of ketones is 1. The van der Waals surface area contributed by atoms with E-state index in [1.54, 1.807) is 0 Å². The number of halogens is 1. The molecule has 3 aliphatic rings. The summed E-state index contributed by atoms with van der Waals surface area (Å²) in [5.41, 5.74) is 11.0. The highest BCUT2D eigenvalue weighted by atomic mass is 79.9. The molecule has 2 aromatic carbocycles. The van der Waals surface area contributed by atoms with Crippen LogP contribution in [0.4, 0.5) is 5.69 Å². The van der Waals surface area contributed by atoms with Crippen LogP contribution in [-0.2, 0) is 4.79 Å². The second kappa shape index (κ2) is 6.71. The fourth-order valence-electron chi connectivity index (χ4n) is 4.49. The predicted molar refractivity (Wildman–Crippen MR) is 115 cm³/mol. The standard InChI is InChI=1S/C23H17BrN4O/c24-14-6-3-5-13(11-14)20-16(12-25)23-27-22(26)15-7-1-2-8-17(15)28(23)18-9-4-10-19(29)21(18)20/h1-3,5-8,11,20H,4,9-10H2,(H2,26,27). The Morgan fingerprint density at radius 3 is 2.79 bits per heavy atom. The van der Waals surface area contributed by atoms with Crippen molar-refractivity contribution in [1.29, 1.82) is 5.26 Å². The average Bonchev–Trinajstić information content (AvgIpc) is 2.73. The van der Waals surface area contributed by atoms with Gasteiger partial charge in [-0.1, -0.05) is 40.2 Å². The maximum Gasteiger partial charge on any atom is 0.161 e. The summed E-state index contributed by atoms with van der Waals surface area (Å²) in [5.74, 6) is 0.581. The summed E-state index contributed by atoms with van der Waals surface area (Å²) in [5, 5.41) is 10.2. The molecule has 142 valence electrons. The summed E-state index contributed by atoms with van der Waals surface area (Å²) in [6.45, 7) is 0. The summed E-state index contributed by atoms with van der Waals surface area (Å²) in [7, 11) is 0. The first-order valence-corrected chi connectivity index (χ1v) is 10.3. The normalized spacial score (nSPS) is 20.6. The van der Waals surface area contributed by atoms with Crippen LogP contribution in [0.1, 0.15) is 36.3 Å². The van der Waals surface area contributed by atoms with E-state index in [2.05, 4.69) is 27.0 Å². The first-order valence-electron chi connectivity index (χ1n) is 9.50. The van der Waals surface area contributed by atoms with Crippen LogP contribution in [0.5, 0.6) is 0 Å². The number of benzene rings is 2. The van der Waals surface area contributed by atoms with E-state index in [0.717, 1.165) is 39.8 Å². The Balaban J connectivity index is 1.84. The number of hydrogen-bond acceptors (Lipinski definition) is 5. The molecule has 2 N–H and O–H groups in total. The Kier molecular flexibility index (Phi) is 4.14. The average molecular weight is 445 g/mol. The predicted octanol–water partition coefficient (Wildman–Crippen LogP) is 4.51. The third-order valence-electron chi connectivity index (χ3n) is 5.68. The Morgan fingerprint density at radius 2 is 2.00 bits per heavy atom. The third-order valence-corrected chi connectivity index (χ3v) is 6.17. The maximum atomic E-state index is 13.1. The molecule has 0 radical (unpaired) electrons. The van der Waals surface area contributed by atoms with Gasteiger partial charge in [-0.25, -0.2) is 4.99 Å².